The predicted molar refractivity (Wildman–Crippen MR) is 73.8 cm³/mol. The lowest BCUT2D eigenvalue weighted by molar-refractivity contribution is 0.217. The Labute approximate surface area is 111 Å². The number of aliphatic hydroxyl groups is 1. The predicted octanol–water partition coefficient (Wildman–Crippen LogP) is 3.29. The summed E-state index contributed by atoms with van der Waals surface area (Å²) in [5.74, 6) is 0.775. The quantitative estimate of drug-likeness (QED) is 0.842. The molecule has 0 radical (unpaired) electrons. The van der Waals surface area contributed by atoms with Gasteiger partial charge in [0, 0.05) is 15.8 Å². The Hall–Kier alpha value is -1.10. The van der Waals surface area contributed by atoms with Gasteiger partial charge in [-0.1, -0.05) is 6.92 Å². The molecule has 2 rings (SSSR count). The monoisotopic (exact) mass is 265 g/mol. The molecule has 0 amide bonds. The van der Waals surface area contributed by atoms with Crippen LogP contribution < -0.4 is 5.32 Å². The molecule has 0 aliphatic rings. The Morgan fingerprint density at radius 2 is 2.22 bits per heavy atom. The van der Waals surface area contributed by atoms with Gasteiger partial charge in [0.15, 0.2) is 0 Å². The maximum absolute atomic E-state index is 9.43. The van der Waals surface area contributed by atoms with Crippen LogP contribution in [0.2, 0.25) is 0 Å². The SMILES string of the molecule is CCc1ccc(C(C)NC(CO)c2ccco2)s1. The van der Waals surface area contributed by atoms with E-state index in [1.807, 2.05) is 23.5 Å². The number of thiophene rings is 1. The average Bonchev–Trinajstić information content (AvgIpc) is 3.05. The van der Waals surface area contributed by atoms with Crippen molar-refractivity contribution < 1.29 is 9.52 Å². The van der Waals surface area contributed by atoms with Crippen molar-refractivity contribution in [1.29, 1.82) is 0 Å². The van der Waals surface area contributed by atoms with Gasteiger partial charge in [-0.25, -0.2) is 0 Å². The number of aryl methyl sites for hydroxylation is 1. The number of aliphatic hydroxyl groups excluding tert-OH is 1. The average molecular weight is 265 g/mol. The number of furan rings is 1. The highest BCUT2D eigenvalue weighted by Crippen LogP contribution is 2.26. The number of rotatable bonds is 6. The molecule has 2 heterocycles. The molecule has 0 saturated carbocycles. The summed E-state index contributed by atoms with van der Waals surface area (Å²) in [6, 6.07) is 8.09. The van der Waals surface area contributed by atoms with E-state index < -0.39 is 0 Å². The standard InChI is InChI=1S/C14H19NO2S/c1-3-11-6-7-14(18-11)10(2)15-12(9-16)13-5-4-8-17-13/h4-8,10,12,15-16H,3,9H2,1-2H3. The van der Waals surface area contributed by atoms with Gasteiger partial charge in [-0.05, 0) is 37.6 Å². The van der Waals surface area contributed by atoms with Crippen LogP contribution in [0.1, 0.15) is 41.4 Å². The Bertz CT molecular complexity index is 464. The fourth-order valence-electron chi connectivity index (χ4n) is 1.92. The largest absolute Gasteiger partial charge is 0.468 e. The molecule has 0 fully saturated rings. The van der Waals surface area contributed by atoms with E-state index in [9.17, 15) is 5.11 Å². The van der Waals surface area contributed by atoms with E-state index in [1.165, 1.54) is 9.75 Å². The fourth-order valence-corrected chi connectivity index (χ4v) is 2.88. The summed E-state index contributed by atoms with van der Waals surface area (Å²) in [6.07, 6.45) is 2.70. The van der Waals surface area contributed by atoms with Crippen molar-refractivity contribution >= 4 is 11.3 Å². The highest BCUT2D eigenvalue weighted by molar-refractivity contribution is 7.12. The molecule has 18 heavy (non-hydrogen) atoms. The molecule has 2 N–H and O–H groups in total. The minimum absolute atomic E-state index is 0.0316. The zero-order chi connectivity index (χ0) is 13.0. The van der Waals surface area contributed by atoms with Crippen molar-refractivity contribution in [3.63, 3.8) is 0 Å². The van der Waals surface area contributed by atoms with Crippen LogP contribution in [0.4, 0.5) is 0 Å². The molecule has 2 aromatic heterocycles. The van der Waals surface area contributed by atoms with Crippen LogP contribution in [0.5, 0.6) is 0 Å². The van der Waals surface area contributed by atoms with Crippen LogP contribution in [0.3, 0.4) is 0 Å². The third-order valence-corrected chi connectivity index (χ3v) is 4.39. The highest BCUT2D eigenvalue weighted by atomic mass is 32.1. The molecule has 4 heteroatoms. The van der Waals surface area contributed by atoms with Crippen molar-refractivity contribution in [1.82, 2.24) is 5.32 Å². The third kappa shape index (κ3) is 3.02. The molecular formula is C14H19NO2S. The van der Waals surface area contributed by atoms with Gasteiger partial charge in [0.25, 0.3) is 0 Å². The van der Waals surface area contributed by atoms with Crippen molar-refractivity contribution in [3.8, 4) is 0 Å². The summed E-state index contributed by atoms with van der Waals surface area (Å²) in [5, 5.41) is 12.8. The zero-order valence-electron chi connectivity index (χ0n) is 10.7. The first-order valence-corrected chi connectivity index (χ1v) is 7.05. The smallest absolute Gasteiger partial charge is 0.123 e. The van der Waals surface area contributed by atoms with Gasteiger partial charge in [0.2, 0.25) is 0 Å². The van der Waals surface area contributed by atoms with Gasteiger partial charge in [-0.2, -0.15) is 0 Å². The van der Waals surface area contributed by atoms with Gasteiger partial charge in [0.05, 0.1) is 18.9 Å². The minimum atomic E-state index is -0.151. The minimum Gasteiger partial charge on any atom is -0.468 e. The normalized spacial score (nSPS) is 14.6. The van der Waals surface area contributed by atoms with Crippen molar-refractivity contribution in [2.24, 2.45) is 0 Å². The summed E-state index contributed by atoms with van der Waals surface area (Å²) in [5.41, 5.74) is 0. The van der Waals surface area contributed by atoms with Gasteiger partial charge in [-0.15, -0.1) is 11.3 Å². The summed E-state index contributed by atoms with van der Waals surface area (Å²) < 4.78 is 5.33. The molecule has 3 nitrogen and oxygen atoms in total. The topological polar surface area (TPSA) is 45.4 Å². The lowest BCUT2D eigenvalue weighted by Gasteiger charge is -2.19. The molecule has 0 aliphatic heterocycles. The molecule has 0 saturated heterocycles. The second kappa shape index (κ2) is 6.18. The van der Waals surface area contributed by atoms with E-state index in [0.717, 1.165) is 12.2 Å². The van der Waals surface area contributed by atoms with E-state index in [0.29, 0.717) is 0 Å². The van der Waals surface area contributed by atoms with Crippen LogP contribution in [-0.4, -0.2) is 11.7 Å². The summed E-state index contributed by atoms with van der Waals surface area (Å²) in [6.45, 7) is 4.30. The summed E-state index contributed by atoms with van der Waals surface area (Å²) in [7, 11) is 0. The molecule has 2 atom stereocenters. The Balaban J connectivity index is 2.03. The molecule has 0 aromatic carbocycles. The third-order valence-electron chi connectivity index (χ3n) is 2.98. The van der Waals surface area contributed by atoms with Gasteiger partial charge < -0.3 is 9.52 Å². The first-order valence-electron chi connectivity index (χ1n) is 6.23. The first kappa shape index (κ1) is 13.3. The molecule has 2 aromatic rings. The van der Waals surface area contributed by atoms with Crippen molar-refractivity contribution in [3.05, 3.63) is 46.0 Å². The van der Waals surface area contributed by atoms with Crippen LogP contribution in [-0.2, 0) is 6.42 Å². The molecule has 0 aliphatic carbocycles. The molecule has 0 bridgehead atoms. The number of hydrogen-bond donors (Lipinski definition) is 2. The maximum atomic E-state index is 9.43. The number of hydrogen-bond acceptors (Lipinski definition) is 4. The van der Waals surface area contributed by atoms with Crippen LogP contribution in [0.25, 0.3) is 0 Å². The van der Waals surface area contributed by atoms with Crippen molar-refractivity contribution in [2.75, 3.05) is 6.61 Å². The molecule has 0 spiro atoms. The van der Waals surface area contributed by atoms with E-state index in [-0.39, 0.29) is 18.7 Å². The zero-order valence-corrected chi connectivity index (χ0v) is 11.5. The maximum Gasteiger partial charge on any atom is 0.123 e. The Kier molecular flexibility index (Phi) is 4.58. The van der Waals surface area contributed by atoms with Gasteiger partial charge in [0.1, 0.15) is 5.76 Å². The highest BCUT2D eigenvalue weighted by Gasteiger charge is 2.17. The summed E-state index contributed by atoms with van der Waals surface area (Å²) >= 11 is 1.82. The first-order chi connectivity index (χ1) is 8.74. The van der Waals surface area contributed by atoms with E-state index in [2.05, 4.69) is 31.3 Å². The molecule has 2 unspecified atom stereocenters. The van der Waals surface area contributed by atoms with Crippen LogP contribution in [0.15, 0.2) is 34.9 Å². The van der Waals surface area contributed by atoms with Crippen LogP contribution in [0, 0.1) is 0 Å². The summed E-state index contributed by atoms with van der Waals surface area (Å²) in [4.78, 5) is 2.68. The second-order valence-electron chi connectivity index (χ2n) is 4.30. The number of nitrogens with one attached hydrogen (secondary N) is 1. The Morgan fingerprint density at radius 3 is 2.78 bits per heavy atom. The molecular weight excluding hydrogens is 246 g/mol. The second-order valence-corrected chi connectivity index (χ2v) is 5.50. The van der Waals surface area contributed by atoms with Gasteiger partial charge in [-0.3, -0.25) is 5.32 Å². The van der Waals surface area contributed by atoms with E-state index >= 15 is 0 Å². The molecule has 98 valence electrons. The van der Waals surface area contributed by atoms with E-state index in [1.54, 1.807) is 6.26 Å². The van der Waals surface area contributed by atoms with Crippen LogP contribution >= 0.6 is 11.3 Å². The lowest BCUT2D eigenvalue weighted by atomic mass is 10.2. The Morgan fingerprint density at radius 1 is 1.39 bits per heavy atom. The fraction of sp³-hybridized carbons (Fsp3) is 0.429. The van der Waals surface area contributed by atoms with Crippen molar-refractivity contribution in [2.45, 2.75) is 32.4 Å². The lowest BCUT2D eigenvalue weighted by Crippen LogP contribution is -2.26. The van der Waals surface area contributed by atoms with E-state index in [4.69, 9.17) is 4.42 Å². The van der Waals surface area contributed by atoms with Gasteiger partial charge >= 0.3 is 0 Å².